The second-order valence-corrected chi connectivity index (χ2v) is 8.99. The molecule has 0 saturated heterocycles. The number of nitrogen functional groups attached to an aromatic ring is 1. The van der Waals surface area contributed by atoms with Crippen molar-refractivity contribution in [2.45, 2.75) is 50.7 Å². The standard InChI is InChI=1S/C19H24N2O3S.ClH/c1-12-5-8-18(13(2)9-12)25(22,23)21-16-11-19(3,4)24-17-7-6-14(20)10-15(16)17;/h5-10,16,21H,11,20H2,1-4H3;1H. The molecule has 3 N–H and O–H groups in total. The molecule has 5 nitrogen and oxygen atoms in total. The lowest BCUT2D eigenvalue weighted by atomic mass is 9.90. The molecule has 0 amide bonds. The number of ether oxygens (including phenoxy) is 1. The highest BCUT2D eigenvalue weighted by Crippen LogP contribution is 2.41. The zero-order valence-corrected chi connectivity index (χ0v) is 17.0. The lowest BCUT2D eigenvalue weighted by Gasteiger charge is -2.38. The van der Waals surface area contributed by atoms with E-state index in [9.17, 15) is 8.42 Å². The van der Waals surface area contributed by atoms with Crippen molar-refractivity contribution in [3.05, 3.63) is 53.1 Å². The van der Waals surface area contributed by atoms with E-state index >= 15 is 0 Å². The molecule has 0 fully saturated rings. The van der Waals surface area contributed by atoms with Crippen LogP contribution >= 0.6 is 12.4 Å². The summed E-state index contributed by atoms with van der Waals surface area (Å²) in [7, 11) is -3.66. The minimum atomic E-state index is -3.66. The minimum absolute atomic E-state index is 0. The molecule has 0 bridgehead atoms. The lowest BCUT2D eigenvalue weighted by molar-refractivity contribution is 0.0702. The Labute approximate surface area is 161 Å². The molecule has 142 valence electrons. The fourth-order valence-corrected chi connectivity index (χ4v) is 4.77. The number of nitrogens with two attached hydrogens (primary N) is 1. The molecule has 2 aromatic carbocycles. The molecule has 2 aromatic rings. The van der Waals surface area contributed by atoms with E-state index in [0.29, 0.717) is 22.8 Å². The van der Waals surface area contributed by atoms with Gasteiger partial charge in [-0.25, -0.2) is 13.1 Å². The lowest BCUT2D eigenvalue weighted by Crippen LogP contribution is -2.41. The van der Waals surface area contributed by atoms with E-state index in [2.05, 4.69) is 4.72 Å². The third-order valence-corrected chi connectivity index (χ3v) is 6.04. The number of hydrogen-bond acceptors (Lipinski definition) is 4. The number of benzene rings is 2. The molecule has 7 heteroatoms. The molecule has 0 radical (unpaired) electrons. The average molecular weight is 397 g/mol. The Morgan fingerprint density at radius 2 is 1.85 bits per heavy atom. The second kappa shape index (κ2) is 7.10. The Bertz CT molecular complexity index is 926. The molecule has 0 spiro atoms. The Balaban J connectivity index is 0.00000243. The summed E-state index contributed by atoms with van der Waals surface area (Å²) in [6.07, 6.45) is 0.521. The third kappa shape index (κ3) is 4.14. The van der Waals surface area contributed by atoms with Gasteiger partial charge in [0.1, 0.15) is 11.4 Å². The summed E-state index contributed by atoms with van der Waals surface area (Å²) in [5.41, 5.74) is 8.53. The number of sulfonamides is 1. The minimum Gasteiger partial charge on any atom is -0.487 e. The molecule has 1 aliphatic rings. The Morgan fingerprint density at radius 3 is 2.50 bits per heavy atom. The van der Waals surface area contributed by atoms with Crippen LogP contribution in [0.3, 0.4) is 0 Å². The zero-order chi connectivity index (χ0) is 18.4. The van der Waals surface area contributed by atoms with Crippen LogP contribution in [0.2, 0.25) is 0 Å². The van der Waals surface area contributed by atoms with Crippen LogP contribution in [0, 0.1) is 13.8 Å². The molecule has 0 aliphatic carbocycles. The number of rotatable bonds is 3. The van der Waals surface area contributed by atoms with E-state index in [4.69, 9.17) is 10.5 Å². The molecule has 1 unspecified atom stereocenters. The van der Waals surface area contributed by atoms with Crippen LogP contribution in [0.1, 0.15) is 43.0 Å². The second-order valence-electron chi connectivity index (χ2n) is 7.31. The van der Waals surface area contributed by atoms with Crippen LogP contribution in [0.25, 0.3) is 0 Å². The topological polar surface area (TPSA) is 81.4 Å². The van der Waals surface area contributed by atoms with Gasteiger partial charge in [-0.05, 0) is 57.5 Å². The van der Waals surface area contributed by atoms with Gasteiger partial charge in [0, 0.05) is 17.7 Å². The summed E-state index contributed by atoms with van der Waals surface area (Å²) in [4.78, 5) is 0.299. The quantitative estimate of drug-likeness (QED) is 0.771. The largest absolute Gasteiger partial charge is 0.487 e. The van der Waals surface area contributed by atoms with Gasteiger partial charge in [-0.1, -0.05) is 17.7 Å². The highest BCUT2D eigenvalue weighted by atomic mass is 35.5. The summed E-state index contributed by atoms with van der Waals surface area (Å²) in [5, 5.41) is 0. The third-order valence-electron chi connectivity index (χ3n) is 4.41. The summed E-state index contributed by atoms with van der Waals surface area (Å²) >= 11 is 0. The van der Waals surface area contributed by atoms with Gasteiger partial charge >= 0.3 is 0 Å². The summed E-state index contributed by atoms with van der Waals surface area (Å²) in [6.45, 7) is 7.65. The summed E-state index contributed by atoms with van der Waals surface area (Å²) in [6, 6.07) is 10.3. The number of anilines is 1. The Hall–Kier alpha value is -1.76. The number of aryl methyl sites for hydroxylation is 2. The molecular formula is C19H25ClN2O3S. The van der Waals surface area contributed by atoms with E-state index in [0.717, 1.165) is 16.7 Å². The summed E-state index contributed by atoms with van der Waals surface area (Å²) in [5.74, 6) is 0.666. The molecular weight excluding hydrogens is 372 g/mol. The monoisotopic (exact) mass is 396 g/mol. The maximum atomic E-state index is 13.0. The first-order valence-electron chi connectivity index (χ1n) is 8.25. The van der Waals surface area contributed by atoms with Gasteiger partial charge in [-0.3, -0.25) is 0 Å². The number of nitrogens with one attached hydrogen (secondary N) is 1. The van der Waals surface area contributed by atoms with Crippen LogP contribution in [-0.2, 0) is 10.0 Å². The molecule has 3 rings (SSSR count). The molecule has 0 aromatic heterocycles. The molecule has 1 atom stereocenters. The summed E-state index contributed by atoms with van der Waals surface area (Å²) < 4.78 is 34.7. The van der Waals surface area contributed by atoms with E-state index in [-0.39, 0.29) is 12.4 Å². The van der Waals surface area contributed by atoms with Crippen LogP contribution < -0.4 is 15.2 Å². The predicted molar refractivity (Wildman–Crippen MR) is 106 cm³/mol. The smallest absolute Gasteiger partial charge is 0.241 e. The number of halogens is 1. The van der Waals surface area contributed by atoms with E-state index in [1.165, 1.54) is 0 Å². The maximum absolute atomic E-state index is 13.0. The van der Waals surface area contributed by atoms with E-state index in [1.54, 1.807) is 37.3 Å². The number of hydrogen-bond donors (Lipinski definition) is 2. The van der Waals surface area contributed by atoms with Crippen molar-refractivity contribution in [2.75, 3.05) is 5.73 Å². The molecule has 26 heavy (non-hydrogen) atoms. The molecule has 0 saturated carbocycles. The van der Waals surface area contributed by atoms with Gasteiger partial charge in [0.25, 0.3) is 0 Å². The first-order valence-corrected chi connectivity index (χ1v) is 9.74. The van der Waals surface area contributed by atoms with Gasteiger partial charge < -0.3 is 10.5 Å². The molecule has 1 aliphatic heterocycles. The fourth-order valence-electron chi connectivity index (χ4n) is 3.33. The van der Waals surface area contributed by atoms with Gasteiger partial charge in [-0.15, -0.1) is 12.4 Å². The van der Waals surface area contributed by atoms with Crippen LogP contribution in [-0.4, -0.2) is 14.0 Å². The van der Waals surface area contributed by atoms with Crippen LogP contribution in [0.4, 0.5) is 5.69 Å². The zero-order valence-electron chi connectivity index (χ0n) is 15.4. The number of fused-ring (bicyclic) bond motifs is 1. The first kappa shape index (κ1) is 20.6. The van der Waals surface area contributed by atoms with Crippen molar-refractivity contribution in [3.63, 3.8) is 0 Å². The Kier molecular flexibility index (Phi) is 5.61. The van der Waals surface area contributed by atoms with Crippen molar-refractivity contribution in [3.8, 4) is 5.75 Å². The Morgan fingerprint density at radius 1 is 1.15 bits per heavy atom. The van der Waals surface area contributed by atoms with Crippen molar-refractivity contribution < 1.29 is 13.2 Å². The van der Waals surface area contributed by atoms with Gasteiger partial charge in [0.05, 0.1) is 10.9 Å². The molecule has 1 heterocycles. The van der Waals surface area contributed by atoms with Crippen molar-refractivity contribution >= 4 is 28.1 Å². The van der Waals surface area contributed by atoms with Crippen molar-refractivity contribution in [1.82, 2.24) is 4.72 Å². The fraction of sp³-hybridized carbons (Fsp3) is 0.368. The SMILES string of the molecule is Cc1ccc(S(=O)(=O)NC2CC(C)(C)Oc3ccc(N)cc32)c(C)c1.Cl. The first-order chi connectivity index (χ1) is 11.6. The van der Waals surface area contributed by atoms with Crippen LogP contribution in [0.5, 0.6) is 5.75 Å². The highest BCUT2D eigenvalue weighted by molar-refractivity contribution is 7.89. The normalized spacial score (nSPS) is 18.4. The van der Waals surface area contributed by atoms with E-state index in [1.807, 2.05) is 26.8 Å². The van der Waals surface area contributed by atoms with Crippen molar-refractivity contribution in [2.24, 2.45) is 0 Å². The van der Waals surface area contributed by atoms with E-state index < -0.39 is 21.7 Å². The predicted octanol–water partition coefficient (Wildman–Crippen LogP) is 3.89. The van der Waals surface area contributed by atoms with Gasteiger partial charge in [-0.2, -0.15) is 0 Å². The van der Waals surface area contributed by atoms with Gasteiger partial charge in [0.2, 0.25) is 10.0 Å². The van der Waals surface area contributed by atoms with Gasteiger partial charge in [0.15, 0.2) is 0 Å². The average Bonchev–Trinajstić information content (AvgIpc) is 2.46. The van der Waals surface area contributed by atoms with Crippen molar-refractivity contribution in [1.29, 1.82) is 0 Å². The maximum Gasteiger partial charge on any atom is 0.241 e. The highest BCUT2D eigenvalue weighted by Gasteiger charge is 2.36. The van der Waals surface area contributed by atoms with Crippen LogP contribution in [0.15, 0.2) is 41.3 Å².